The van der Waals surface area contributed by atoms with Crippen LogP contribution in [0.5, 0.6) is 0 Å². The number of oxime groups is 1. The van der Waals surface area contributed by atoms with Crippen LogP contribution in [-0.2, 0) is 0 Å². The van der Waals surface area contributed by atoms with Crippen molar-refractivity contribution in [3.8, 4) is 0 Å². The van der Waals surface area contributed by atoms with Gasteiger partial charge in [0.2, 0.25) is 0 Å². The Morgan fingerprint density at radius 3 is 2.58 bits per heavy atom. The molecule has 0 saturated carbocycles. The van der Waals surface area contributed by atoms with E-state index in [9.17, 15) is 4.79 Å². The lowest BCUT2D eigenvalue weighted by atomic mass is 10.0. The summed E-state index contributed by atoms with van der Waals surface area (Å²) < 4.78 is 0. The number of amidine groups is 1. The molecule has 19 heavy (non-hydrogen) atoms. The maximum absolute atomic E-state index is 12.1. The zero-order chi connectivity index (χ0) is 14.6. The number of hydrogen-bond acceptors (Lipinski definition) is 3. The molecule has 0 aliphatic carbocycles. The van der Waals surface area contributed by atoms with E-state index in [1.165, 1.54) is 0 Å². The Kier molecular flexibility index (Phi) is 5.18. The van der Waals surface area contributed by atoms with E-state index in [2.05, 4.69) is 10.5 Å². The standard InChI is InChI=1S/C13H18ClN3O2/c1-7(2)11(12(15)17-19)16-13(18)9-5-4-8(3)6-10(9)14/h4-7,11,19H,1-3H3,(H2,15,17)(H,16,18). The van der Waals surface area contributed by atoms with Crippen molar-refractivity contribution >= 4 is 23.3 Å². The van der Waals surface area contributed by atoms with Gasteiger partial charge in [-0.15, -0.1) is 0 Å². The van der Waals surface area contributed by atoms with E-state index in [1.807, 2.05) is 20.8 Å². The minimum absolute atomic E-state index is 0.0101. The third kappa shape index (κ3) is 3.86. The van der Waals surface area contributed by atoms with Crippen molar-refractivity contribution in [3.05, 3.63) is 34.3 Å². The molecule has 5 nitrogen and oxygen atoms in total. The second-order valence-corrected chi connectivity index (χ2v) is 5.11. The third-order valence-electron chi connectivity index (χ3n) is 2.76. The van der Waals surface area contributed by atoms with E-state index in [4.69, 9.17) is 22.5 Å². The number of carbonyl (C=O) groups excluding carboxylic acids is 1. The van der Waals surface area contributed by atoms with Crippen molar-refractivity contribution in [1.82, 2.24) is 5.32 Å². The van der Waals surface area contributed by atoms with Gasteiger partial charge in [-0.1, -0.05) is 36.7 Å². The van der Waals surface area contributed by atoms with E-state index in [1.54, 1.807) is 18.2 Å². The number of hydrogen-bond donors (Lipinski definition) is 3. The summed E-state index contributed by atoms with van der Waals surface area (Å²) in [6.45, 7) is 5.61. The van der Waals surface area contributed by atoms with E-state index >= 15 is 0 Å². The van der Waals surface area contributed by atoms with Crippen molar-refractivity contribution < 1.29 is 10.0 Å². The van der Waals surface area contributed by atoms with Gasteiger partial charge in [-0.3, -0.25) is 4.79 Å². The van der Waals surface area contributed by atoms with Crippen LogP contribution in [0.25, 0.3) is 0 Å². The zero-order valence-electron chi connectivity index (χ0n) is 11.1. The fraction of sp³-hybridized carbons (Fsp3) is 0.385. The molecule has 0 bridgehead atoms. The first-order chi connectivity index (χ1) is 8.86. The summed E-state index contributed by atoms with van der Waals surface area (Å²) in [5.74, 6) is -0.397. The van der Waals surface area contributed by atoms with Gasteiger partial charge in [-0.05, 0) is 30.5 Å². The number of aryl methyl sites for hydroxylation is 1. The number of nitrogens with one attached hydrogen (secondary N) is 1. The Hall–Kier alpha value is -1.75. The highest BCUT2D eigenvalue weighted by Crippen LogP contribution is 2.18. The van der Waals surface area contributed by atoms with Crippen LogP contribution < -0.4 is 11.1 Å². The van der Waals surface area contributed by atoms with Crippen LogP contribution in [0.3, 0.4) is 0 Å². The number of carbonyl (C=O) groups is 1. The molecule has 1 unspecified atom stereocenters. The summed E-state index contributed by atoms with van der Waals surface area (Å²) in [6.07, 6.45) is 0. The molecule has 0 aliphatic rings. The highest BCUT2D eigenvalue weighted by Gasteiger charge is 2.22. The quantitative estimate of drug-likeness (QED) is 0.342. The van der Waals surface area contributed by atoms with Crippen LogP contribution in [0.1, 0.15) is 29.8 Å². The van der Waals surface area contributed by atoms with Gasteiger partial charge >= 0.3 is 0 Å². The normalized spacial score (nSPS) is 13.4. The highest BCUT2D eigenvalue weighted by atomic mass is 35.5. The van der Waals surface area contributed by atoms with Crippen LogP contribution in [-0.4, -0.2) is 23.0 Å². The molecule has 0 aliphatic heterocycles. The van der Waals surface area contributed by atoms with Crippen molar-refractivity contribution in [2.24, 2.45) is 16.8 Å². The maximum atomic E-state index is 12.1. The minimum Gasteiger partial charge on any atom is -0.409 e. The number of halogens is 1. The van der Waals surface area contributed by atoms with Gasteiger partial charge in [0.25, 0.3) is 5.91 Å². The van der Waals surface area contributed by atoms with Crippen LogP contribution in [0.15, 0.2) is 23.4 Å². The number of benzene rings is 1. The average molecular weight is 284 g/mol. The lowest BCUT2D eigenvalue weighted by Crippen LogP contribution is -2.47. The lowest BCUT2D eigenvalue weighted by Gasteiger charge is -2.21. The predicted molar refractivity (Wildman–Crippen MR) is 75.7 cm³/mol. The third-order valence-corrected chi connectivity index (χ3v) is 3.07. The van der Waals surface area contributed by atoms with Crippen LogP contribution >= 0.6 is 11.6 Å². The Labute approximate surface area is 117 Å². The molecule has 1 amide bonds. The monoisotopic (exact) mass is 283 g/mol. The lowest BCUT2D eigenvalue weighted by molar-refractivity contribution is 0.0939. The summed E-state index contributed by atoms with van der Waals surface area (Å²) in [5, 5.41) is 14.7. The first-order valence-electron chi connectivity index (χ1n) is 5.91. The highest BCUT2D eigenvalue weighted by molar-refractivity contribution is 6.34. The van der Waals surface area contributed by atoms with Crippen molar-refractivity contribution in [2.45, 2.75) is 26.8 Å². The fourth-order valence-electron chi connectivity index (χ4n) is 1.67. The fourth-order valence-corrected chi connectivity index (χ4v) is 1.99. The largest absolute Gasteiger partial charge is 0.409 e. The number of nitrogens with zero attached hydrogens (tertiary/aromatic N) is 1. The molecule has 1 rings (SSSR count). The number of rotatable bonds is 4. The molecule has 1 aromatic rings. The SMILES string of the molecule is Cc1ccc(C(=O)NC(/C(N)=N/O)C(C)C)c(Cl)c1. The molecular formula is C13H18ClN3O2. The van der Waals surface area contributed by atoms with Crippen LogP contribution in [0.4, 0.5) is 0 Å². The number of amides is 1. The molecule has 6 heteroatoms. The summed E-state index contributed by atoms with van der Waals surface area (Å²) in [7, 11) is 0. The summed E-state index contributed by atoms with van der Waals surface area (Å²) in [4.78, 5) is 12.1. The van der Waals surface area contributed by atoms with Crippen molar-refractivity contribution in [1.29, 1.82) is 0 Å². The second-order valence-electron chi connectivity index (χ2n) is 4.70. The molecule has 0 saturated heterocycles. The number of nitrogens with two attached hydrogens (primary N) is 1. The van der Waals surface area contributed by atoms with Gasteiger partial charge in [-0.2, -0.15) is 0 Å². The molecule has 0 heterocycles. The van der Waals surface area contributed by atoms with E-state index in [-0.39, 0.29) is 17.7 Å². The Morgan fingerprint density at radius 1 is 1.47 bits per heavy atom. The van der Waals surface area contributed by atoms with E-state index < -0.39 is 6.04 Å². The van der Waals surface area contributed by atoms with Gasteiger partial charge in [0.05, 0.1) is 16.6 Å². The van der Waals surface area contributed by atoms with E-state index in [0.717, 1.165) is 5.56 Å². The molecular weight excluding hydrogens is 266 g/mol. The molecule has 0 radical (unpaired) electrons. The van der Waals surface area contributed by atoms with Gasteiger partial charge in [0.1, 0.15) is 0 Å². The first kappa shape index (κ1) is 15.3. The van der Waals surface area contributed by atoms with Crippen molar-refractivity contribution in [2.75, 3.05) is 0 Å². The molecule has 104 valence electrons. The molecule has 4 N–H and O–H groups in total. The molecule has 0 fully saturated rings. The summed E-state index contributed by atoms with van der Waals surface area (Å²) in [6, 6.07) is 4.62. The Morgan fingerprint density at radius 2 is 2.11 bits per heavy atom. The van der Waals surface area contributed by atoms with Gasteiger partial charge < -0.3 is 16.3 Å². The maximum Gasteiger partial charge on any atom is 0.253 e. The average Bonchev–Trinajstić information content (AvgIpc) is 2.34. The van der Waals surface area contributed by atoms with E-state index in [0.29, 0.717) is 10.6 Å². The van der Waals surface area contributed by atoms with Gasteiger partial charge in [0.15, 0.2) is 5.84 Å². The smallest absolute Gasteiger partial charge is 0.253 e. The Balaban J connectivity index is 2.94. The van der Waals surface area contributed by atoms with Gasteiger partial charge in [0, 0.05) is 0 Å². The van der Waals surface area contributed by atoms with Gasteiger partial charge in [-0.25, -0.2) is 0 Å². The predicted octanol–water partition coefficient (Wildman–Crippen LogP) is 2.15. The van der Waals surface area contributed by atoms with Crippen LogP contribution in [0.2, 0.25) is 5.02 Å². The topological polar surface area (TPSA) is 87.7 Å². The molecule has 0 spiro atoms. The minimum atomic E-state index is -0.546. The Bertz CT molecular complexity index is 501. The molecule has 1 atom stereocenters. The molecule has 0 aromatic heterocycles. The second kappa shape index (κ2) is 6.43. The van der Waals surface area contributed by atoms with Crippen molar-refractivity contribution in [3.63, 3.8) is 0 Å². The summed E-state index contributed by atoms with van der Waals surface area (Å²) >= 11 is 6.03. The first-order valence-corrected chi connectivity index (χ1v) is 6.29. The zero-order valence-corrected chi connectivity index (χ0v) is 11.9. The molecule has 1 aromatic carbocycles. The summed E-state index contributed by atoms with van der Waals surface area (Å²) in [5.41, 5.74) is 6.89. The van der Waals surface area contributed by atoms with Crippen LogP contribution in [0, 0.1) is 12.8 Å².